The van der Waals surface area contributed by atoms with Crippen LogP contribution in [0.15, 0.2) is 48.5 Å². The Morgan fingerprint density at radius 3 is 2.35 bits per heavy atom. The lowest BCUT2D eigenvalue weighted by molar-refractivity contribution is -0.117. The van der Waals surface area contributed by atoms with Gasteiger partial charge >= 0.3 is 0 Å². The number of aryl methyl sites for hydroxylation is 1. The summed E-state index contributed by atoms with van der Waals surface area (Å²) in [7, 11) is 0. The van der Waals surface area contributed by atoms with Gasteiger partial charge in [0.2, 0.25) is 5.91 Å². The number of nitrogens with one attached hydrogen (secondary N) is 2. The van der Waals surface area contributed by atoms with Gasteiger partial charge in [-0.1, -0.05) is 36.4 Å². The van der Waals surface area contributed by atoms with Crippen LogP contribution in [-0.4, -0.2) is 23.9 Å². The Bertz CT molecular complexity index is 748. The molecule has 26 heavy (non-hydrogen) atoms. The molecule has 1 atom stereocenters. The number of hydrogen-bond acceptors (Lipinski definition) is 3. The van der Waals surface area contributed by atoms with E-state index in [1.807, 2.05) is 57.2 Å². The van der Waals surface area contributed by atoms with Crippen molar-refractivity contribution in [3.8, 4) is 0 Å². The molecule has 0 fully saturated rings. The smallest absolute Gasteiger partial charge is 0.251 e. The highest BCUT2D eigenvalue weighted by molar-refractivity contribution is 5.99. The zero-order valence-electron chi connectivity index (χ0n) is 15.3. The fourth-order valence-corrected chi connectivity index (χ4v) is 2.48. The summed E-state index contributed by atoms with van der Waals surface area (Å²) in [6, 6.07) is 14.3. The van der Waals surface area contributed by atoms with Crippen LogP contribution < -0.4 is 16.4 Å². The summed E-state index contributed by atoms with van der Waals surface area (Å²) < 4.78 is 0. The molecule has 5 nitrogen and oxygen atoms in total. The summed E-state index contributed by atoms with van der Waals surface area (Å²) in [6.45, 7) is 5.67. The zero-order valence-corrected chi connectivity index (χ0v) is 16.1. The Labute approximate surface area is 160 Å². The van der Waals surface area contributed by atoms with Gasteiger partial charge in [-0.3, -0.25) is 9.59 Å². The minimum absolute atomic E-state index is 0. The highest BCUT2D eigenvalue weighted by Crippen LogP contribution is 2.16. The van der Waals surface area contributed by atoms with Crippen LogP contribution in [0, 0.1) is 6.92 Å². The van der Waals surface area contributed by atoms with Gasteiger partial charge in [0.05, 0.1) is 6.04 Å². The molecule has 0 heterocycles. The molecule has 2 aromatic rings. The molecular formula is C20H26ClN3O2. The van der Waals surface area contributed by atoms with E-state index in [-0.39, 0.29) is 30.3 Å². The number of halogens is 1. The predicted molar refractivity (Wildman–Crippen MR) is 108 cm³/mol. The maximum Gasteiger partial charge on any atom is 0.251 e. The molecule has 2 rings (SSSR count). The van der Waals surface area contributed by atoms with E-state index in [1.54, 1.807) is 12.1 Å². The molecular weight excluding hydrogens is 350 g/mol. The fourth-order valence-electron chi connectivity index (χ4n) is 2.48. The number of nitrogens with two attached hydrogens (primary N) is 1. The zero-order chi connectivity index (χ0) is 18.4. The largest absolute Gasteiger partial charge is 0.350 e. The maximum absolute atomic E-state index is 12.3. The van der Waals surface area contributed by atoms with E-state index in [1.165, 1.54) is 0 Å². The molecule has 0 saturated heterocycles. The first-order chi connectivity index (χ1) is 11.9. The van der Waals surface area contributed by atoms with Gasteiger partial charge in [0.15, 0.2) is 0 Å². The van der Waals surface area contributed by atoms with Crippen molar-refractivity contribution in [2.75, 3.05) is 5.32 Å². The lowest BCUT2D eigenvalue weighted by atomic mass is 10.0. The number of carbonyl (C=O) groups excluding carboxylic acids is 2. The van der Waals surface area contributed by atoms with Crippen LogP contribution in [-0.2, 0) is 11.2 Å². The van der Waals surface area contributed by atoms with E-state index in [2.05, 4.69) is 10.6 Å². The SMILES string of the molecule is Cc1ccc(NC(=O)[C@@H](N)Cc2ccccc2)cc1C(=O)NC(C)C.Cl. The van der Waals surface area contributed by atoms with Crippen LogP contribution in [0.4, 0.5) is 5.69 Å². The number of anilines is 1. The van der Waals surface area contributed by atoms with Crippen LogP contribution in [0.25, 0.3) is 0 Å². The Balaban J connectivity index is 0.00000338. The number of amides is 2. The Morgan fingerprint density at radius 1 is 1.08 bits per heavy atom. The van der Waals surface area contributed by atoms with Gasteiger partial charge < -0.3 is 16.4 Å². The number of benzene rings is 2. The van der Waals surface area contributed by atoms with Crippen molar-refractivity contribution in [1.29, 1.82) is 0 Å². The molecule has 2 amide bonds. The molecule has 0 aliphatic rings. The minimum Gasteiger partial charge on any atom is -0.350 e. The van der Waals surface area contributed by atoms with Crippen LogP contribution in [0.3, 0.4) is 0 Å². The summed E-state index contributed by atoms with van der Waals surface area (Å²) in [5.74, 6) is -0.430. The van der Waals surface area contributed by atoms with Crippen LogP contribution in [0.2, 0.25) is 0 Å². The fraction of sp³-hybridized carbons (Fsp3) is 0.300. The van der Waals surface area contributed by atoms with Crippen molar-refractivity contribution in [3.63, 3.8) is 0 Å². The Kier molecular flexibility index (Phi) is 8.29. The normalized spacial score (nSPS) is 11.4. The molecule has 0 bridgehead atoms. The van der Waals surface area contributed by atoms with Gasteiger partial charge in [-0.15, -0.1) is 12.4 Å². The van der Waals surface area contributed by atoms with Crippen LogP contribution in [0.1, 0.15) is 35.3 Å². The van der Waals surface area contributed by atoms with Gasteiger partial charge in [0.25, 0.3) is 5.91 Å². The first kappa shape index (κ1) is 21.7. The monoisotopic (exact) mass is 375 g/mol. The van der Waals surface area contributed by atoms with Gasteiger partial charge in [-0.05, 0) is 50.5 Å². The molecule has 0 spiro atoms. The van der Waals surface area contributed by atoms with Crippen LogP contribution >= 0.6 is 12.4 Å². The molecule has 6 heteroatoms. The molecule has 2 aromatic carbocycles. The van der Waals surface area contributed by atoms with Crippen molar-refractivity contribution in [2.24, 2.45) is 5.73 Å². The first-order valence-electron chi connectivity index (χ1n) is 8.38. The lowest BCUT2D eigenvalue weighted by Crippen LogP contribution is -2.37. The average molecular weight is 376 g/mol. The average Bonchev–Trinajstić information content (AvgIpc) is 2.56. The molecule has 0 aliphatic heterocycles. The van der Waals surface area contributed by atoms with Gasteiger partial charge in [0.1, 0.15) is 0 Å². The van der Waals surface area contributed by atoms with E-state index in [4.69, 9.17) is 5.73 Å². The summed E-state index contributed by atoms with van der Waals surface area (Å²) in [5.41, 5.74) is 8.96. The quantitative estimate of drug-likeness (QED) is 0.725. The van der Waals surface area contributed by atoms with E-state index >= 15 is 0 Å². The van der Waals surface area contributed by atoms with Crippen molar-refractivity contribution in [1.82, 2.24) is 5.32 Å². The van der Waals surface area contributed by atoms with Gasteiger partial charge in [0, 0.05) is 17.3 Å². The van der Waals surface area contributed by atoms with Crippen molar-refractivity contribution < 1.29 is 9.59 Å². The molecule has 0 aromatic heterocycles. The van der Waals surface area contributed by atoms with Gasteiger partial charge in [-0.2, -0.15) is 0 Å². The van der Waals surface area contributed by atoms with Crippen molar-refractivity contribution in [3.05, 3.63) is 65.2 Å². The second kappa shape index (κ2) is 9.94. The highest BCUT2D eigenvalue weighted by Gasteiger charge is 2.16. The number of rotatable bonds is 6. The third-order valence-corrected chi connectivity index (χ3v) is 3.80. The Hall–Kier alpha value is -2.37. The van der Waals surface area contributed by atoms with Crippen molar-refractivity contribution in [2.45, 2.75) is 39.3 Å². The summed E-state index contributed by atoms with van der Waals surface area (Å²) >= 11 is 0. The molecule has 140 valence electrons. The second-order valence-electron chi connectivity index (χ2n) is 6.44. The Morgan fingerprint density at radius 2 is 1.73 bits per heavy atom. The molecule has 0 radical (unpaired) electrons. The van der Waals surface area contributed by atoms with Crippen LogP contribution in [0.5, 0.6) is 0 Å². The molecule has 0 unspecified atom stereocenters. The summed E-state index contributed by atoms with van der Waals surface area (Å²) in [5, 5.41) is 5.65. The van der Waals surface area contributed by atoms with E-state index in [0.29, 0.717) is 17.7 Å². The minimum atomic E-state index is -0.656. The number of hydrogen-bond donors (Lipinski definition) is 3. The first-order valence-corrected chi connectivity index (χ1v) is 8.38. The second-order valence-corrected chi connectivity index (χ2v) is 6.44. The number of carbonyl (C=O) groups is 2. The highest BCUT2D eigenvalue weighted by atomic mass is 35.5. The summed E-state index contributed by atoms with van der Waals surface area (Å²) in [6.07, 6.45) is 0.458. The van der Waals surface area contributed by atoms with E-state index in [0.717, 1.165) is 11.1 Å². The van der Waals surface area contributed by atoms with E-state index < -0.39 is 6.04 Å². The molecule has 0 aliphatic carbocycles. The predicted octanol–water partition coefficient (Wildman–Crippen LogP) is 3.06. The standard InChI is InChI=1S/C20H25N3O2.ClH/c1-13(2)22-19(24)17-12-16(10-9-14(17)3)23-20(25)18(21)11-15-7-5-4-6-8-15;/h4-10,12-13,18H,11,21H2,1-3H3,(H,22,24)(H,23,25);1H/t18-;/m0./s1. The molecule has 4 N–H and O–H groups in total. The maximum atomic E-state index is 12.3. The molecule has 0 saturated carbocycles. The van der Waals surface area contributed by atoms with E-state index in [9.17, 15) is 9.59 Å². The third kappa shape index (κ3) is 6.17. The summed E-state index contributed by atoms with van der Waals surface area (Å²) in [4.78, 5) is 24.6. The van der Waals surface area contributed by atoms with Gasteiger partial charge in [-0.25, -0.2) is 0 Å². The lowest BCUT2D eigenvalue weighted by Gasteiger charge is -2.15. The van der Waals surface area contributed by atoms with Crippen molar-refractivity contribution >= 4 is 29.9 Å². The third-order valence-electron chi connectivity index (χ3n) is 3.80. The topological polar surface area (TPSA) is 84.2 Å².